The lowest BCUT2D eigenvalue weighted by Crippen LogP contribution is -2.70. The van der Waals surface area contributed by atoms with E-state index in [0.29, 0.717) is 26.5 Å². The van der Waals surface area contributed by atoms with E-state index in [2.05, 4.69) is 47.8 Å². The summed E-state index contributed by atoms with van der Waals surface area (Å²) >= 11 is 10.6. The summed E-state index contributed by atoms with van der Waals surface area (Å²) in [5.74, 6) is -4.87. The van der Waals surface area contributed by atoms with Crippen LogP contribution in [-0.2, 0) is 67.2 Å². The van der Waals surface area contributed by atoms with Gasteiger partial charge in [-0.05, 0) is 78.3 Å². The van der Waals surface area contributed by atoms with Gasteiger partial charge in [-0.1, -0.05) is 91.1 Å². The Hall–Kier alpha value is -3.25. The van der Waals surface area contributed by atoms with Crippen molar-refractivity contribution in [2.24, 2.45) is 11.8 Å². The maximum atomic E-state index is 13.9. The molecule has 9 N–H and O–H groups in total. The summed E-state index contributed by atoms with van der Waals surface area (Å²) in [4.78, 5) is 41.9. The Kier molecular flexibility index (Phi) is 30.7. The molecule has 1 saturated carbocycles. The number of carboxylic acids is 3. The molecule has 6 rings (SSSR count). The standard InChI is InChI=1S/C66H101Br3N6O19/c1-40-45(34-88-37-55(79)80)24-52(59(61(40)85)71(29-50(77)32-74(6,7)8)26-43-14-20-47(68)21-15-43)92-64-54(36-90-39-57(83)84)93-66(60(63(64)87)72(30-51(78)33-75(9,10)11)27-44-16-22-48(69)23-17-44)94-65-53(35-89-38-56(81)82)91-41(2)58(62(65)86)70(28-49(76)31-73(3,4)5)25-42-12-18-46(67)19-13-42/h12-23,40-41,45,49-54,58-66,76-78,85-87H,24-39H2,1-11H3/p+3/t40-,41+,45-,49?,50?,51?,52-,53-,54-,58+,59+,60-,61+,62-,63-,64-,65-,66+/m1/s1. The molecule has 0 aromatic heterocycles. The van der Waals surface area contributed by atoms with E-state index in [1.807, 2.05) is 153 Å². The Morgan fingerprint density at radius 2 is 0.840 bits per heavy atom. The summed E-state index contributed by atoms with van der Waals surface area (Å²) in [6.07, 6.45) is -16.5. The van der Waals surface area contributed by atoms with E-state index in [0.717, 1.165) is 30.1 Å². The Morgan fingerprint density at radius 3 is 1.22 bits per heavy atom. The molecule has 94 heavy (non-hydrogen) atoms. The first kappa shape index (κ1) is 79.7. The van der Waals surface area contributed by atoms with Gasteiger partial charge in [-0.3, -0.25) is 14.7 Å². The maximum absolute atomic E-state index is 13.9. The van der Waals surface area contributed by atoms with Crippen LogP contribution in [0.3, 0.4) is 0 Å². The second kappa shape index (κ2) is 36.2. The molecule has 0 bridgehead atoms. The van der Waals surface area contributed by atoms with Crippen LogP contribution in [-0.4, -0.2) is 332 Å². The SMILES string of the molecule is C[C@@H]1[C@@H](COCC(=O)O)C[C@@H](O[C@H]2[C@H](O)[C@@H](N(Cc3ccc(Br)cc3)CC(O)C[N+](C)(C)C)[C@H](O[C@H]3[C@H](O)[C@@H](N(Cc4ccc(Br)cc4)CC(O)C[N+](C)(C)C)[C@H](C)O[C@@H]3COCC(=O)O)O[C@@H]2COCC(=O)O)[C@H](N(Cc2ccc(Br)cc2)CC(O)C[N+](C)(C)C)[C@H]1O. The largest absolute Gasteiger partial charge is 0.480 e. The number of carbonyl (C=O) groups is 3. The lowest BCUT2D eigenvalue weighted by molar-refractivity contribution is -0.873. The van der Waals surface area contributed by atoms with Crippen molar-refractivity contribution >= 4 is 65.7 Å². The summed E-state index contributed by atoms with van der Waals surface area (Å²) in [6, 6.07) is 19.4. The van der Waals surface area contributed by atoms with Crippen molar-refractivity contribution in [1.82, 2.24) is 14.7 Å². The molecule has 3 aromatic rings. The highest BCUT2D eigenvalue weighted by atomic mass is 79.9. The summed E-state index contributed by atoms with van der Waals surface area (Å²) in [7, 11) is 17.5. The van der Waals surface area contributed by atoms with Gasteiger partial charge in [0.05, 0.1) is 120 Å². The van der Waals surface area contributed by atoms with Crippen LogP contribution >= 0.6 is 47.8 Å². The molecule has 3 fully saturated rings. The molecule has 1 aliphatic carbocycles. The van der Waals surface area contributed by atoms with E-state index in [1.54, 1.807) is 11.8 Å². The summed E-state index contributed by atoms with van der Waals surface area (Å²) in [6.45, 7) is 1.67. The van der Waals surface area contributed by atoms with Crippen LogP contribution in [0.5, 0.6) is 0 Å². The van der Waals surface area contributed by atoms with Gasteiger partial charge in [-0.15, -0.1) is 0 Å². The number of aliphatic hydroxyl groups excluding tert-OH is 6. The minimum absolute atomic E-state index is 0.0371. The predicted octanol–water partition coefficient (Wildman–Crippen LogP) is 2.78. The van der Waals surface area contributed by atoms with Gasteiger partial charge in [0.1, 0.15) is 94.4 Å². The Morgan fingerprint density at radius 1 is 0.500 bits per heavy atom. The fourth-order valence-corrected chi connectivity index (χ4v) is 14.1. The van der Waals surface area contributed by atoms with Gasteiger partial charge in [-0.25, -0.2) is 14.4 Å². The van der Waals surface area contributed by atoms with E-state index < -0.39 is 160 Å². The minimum atomic E-state index is -1.75. The van der Waals surface area contributed by atoms with Crippen LogP contribution in [0.2, 0.25) is 0 Å². The molecule has 2 saturated heterocycles. The second-order valence-corrected chi connectivity index (χ2v) is 31.5. The molecule has 530 valence electrons. The molecule has 3 aliphatic rings. The third-order valence-electron chi connectivity index (χ3n) is 17.1. The highest BCUT2D eigenvalue weighted by Gasteiger charge is 2.56. The molecule has 0 amide bonds. The van der Waals surface area contributed by atoms with Gasteiger partial charge in [-0.2, -0.15) is 0 Å². The summed E-state index contributed by atoms with van der Waals surface area (Å²) < 4.78 is 49.6. The summed E-state index contributed by atoms with van der Waals surface area (Å²) in [5, 5.41) is 106. The Balaban J connectivity index is 1.57. The van der Waals surface area contributed by atoms with Gasteiger partial charge in [0.25, 0.3) is 0 Å². The first-order valence-corrected chi connectivity index (χ1v) is 34.3. The van der Waals surface area contributed by atoms with E-state index in [-0.39, 0.29) is 58.8 Å². The van der Waals surface area contributed by atoms with E-state index in [9.17, 15) is 60.3 Å². The molecule has 3 aromatic carbocycles. The zero-order valence-corrected chi connectivity index (χ0v) is 60.8. The van der Waals surface area contributed by atoms with E-state index in [1.165, 1.54) is 0 Å². The molecule has 28 heteroatoms. The molecule has 2 aliphatic heterocycles. The number of nitrogens with zero attached hydrogens (tertiary/aromatic N) is 6. The zero-order valence-electron chi connectivity index (χ0n) is 56.1. The van der Waals surface area contributed by atoms with E-state index >= 15 is 0 Å². The van der Waals surface area contributed by atoms with Crippen LogP contribution in [0.4, 0.5) is 0 Å². The molecular weight excluding hydrogens is 1420 g/mol. The monoisotopic (exact) mass is 1520 g/mol. The van der Waals surface area contributed by atoms with Crippen LogP contribution in [0.15, 0.2) is 86.2 Å². The van der Waals surface area contributed by atoms with Gasteiger partial charge >= 0.3 is 17.9 Å². The van der Waals surface area contributed by atoms with Crippen molar-refractivity contribution in [1.29, 1.82) is 0 Å². The van der Waals surface area contributed by atoms with Crippen molar-refractivity contribution in [2.75, 3.05) is 142 Å². The average Bonchev–Trinajstić information content (AvgIpc) is 0.764. The fourth-order valence-electron chi connectivity index (χ4n) is 13.3. The highest BCUT2D eigenvalue weighted by Crippen LogP contribution is 2.41. The van der Waals surface area contributed by atoms with Gasteiger partial charge in [0.2, 0.25) is 0 Å². The smallest absolute Gasteiger partial charge is 0.329 e. The number of quaternary nitrogens is 3. The van der Waals surface area contributed by atoms with Gasteiger partial charge < -0.3 is 92.6 Å². The first-order chi connectivity index (χ1) is 43.9. The highest BCUT2D eigenvalue weighted by molar-refractivity contribution is 9.11. The molecule has 25 nitrogen and oxygen atoms in total. The number of hydrogen-bond donors (Lipinski definition) is 9. The maximum Gasteiger partial charge on any atom is 0.329 e. The number of ether oxygens (including phenoxy) is 7. The number of halogens is 3. The number of aliphatic carboxylic acids is 3. The number of aliphatic hydroxyl groups is 6. The fraction of sp³-hybridized carbons (Fsp3) is 0.682. The molecule has 0 spiro atoms. The normalized spacial score (nSPS) is 28.2. The zero-order chi connectivity index (χ0) is 69.6. The van der Waals surface area contributed by atoms with Gasteiger partial charge in [0, 0.05) is 52.7 Å². The third kappa shape index (κ3) is 25.5. The topological polar surface area (TPSA) is 308 Å². The van der Waals surface area contributed by atoms with Crippen molar-refractivity contribution in [3.8, 4) is 0 Å². The van der Waals surface area contributed by atoms with Crippen molar-refractivity contribution in [3.05, 3.63) is 103 Å². The molecule has 18 atom stereocenters. The number of likely N-dealkylation sites (N-methyl/N-ethyl adjacent to an activating group) is 3. The van der Waals surface area contributed by atoms with E-state index in [4.69, 9.17) is 33.2 Å². The predicted molar refractivity (Wildman–Crippen MR) is 359 cm³/mol. The van der Waals surface area contributed by atoms with Crippen LogP contribution < -0.4 is 0 Å². The first-order valence-electron chi connectivity index (χ1n) is 31.9. The Bertz CT molecular complexity index is 2800. The number of benzene rings is 3. The number of rotatable bonds is 37. The number of hydrogen-bond acceptors (Lipinski definition) is 19. The van der Waals surface area contributed by atoms with Crippen LogP contribution in [0.25, 0.3) is 0 Å². The van der Waals surface area contributed by atoms with Crippen molar-refractivity contribution in [3.63, 3.8) is 0 Å². The van der Waals surface area contributed by atoms with Gasteiger partial charge in [0.15, 0.2) is 6.29 Å². The van der Waals surface area contributed by atoms with Crippen LogP contribution in [0, 0.1) is 11.8 Å². The molecule has 3 unspecified atom stereocenters. The third-order valence-corrected chi connectivity index (χ3v) is 18.7. The molecule has 0 radical (unpaired) electrons. The molecular formula is C66H104Br3N6O19+3. The minimum Gasteiger partial charge on any atom is -0.480 e. The van der Waals surface area contributed by atoms with Crippen LogP contribution in [0.1, 0.15) is 37.0 Å². The van der Waals surface area contributed by atoms with Crippen molar-refractivity contribution < 1.29 is 107 Å². The quantitative estimate of drug-likeness (QED) is 0.0375. The summed E-state index contributed by atoms with van der Waals surface area (Å²) in [5.41, 5.74) is 2.40. The lowest BCUT2D eigenvalue weighted by atomic mass is 9.73. The lowest BCUT2D eigenvalue weighted by Gasteiger charge is -2.54. The molecule has 2 heterocycles. The Labute approximate surface area is 578 Å². The second-order valence-electron chi connectivity index (χ2n) is 28.7. The van der Waals surface area contributed by atoms with Crippen molar-refractivity contribution in [2.45, 2.75) is 138 Å². The number of carboxylic acid groups (broad SMARTS) is 3. The average molecular weight is 1530 g/mol.